The molecule has 1 aromatic heterocycles. The van der Waals surface area contributed by atoms with Gasteiger partial charge in [-0.25, -0.2) is 4.98 Å². The molecule has 0 fully saturated rings. The highest BCUT2D eigenvalue weighted by atomic mass is 32.1. The summed E-state index contributed by atoms with van der Waals surface area (Å²) in [6, 6.07) is 8.39. The maximum absolute atomic E-state index is 5.61. The van der Waals surface area contributed by atoms with Crippen molar-refractivity contribution in [3.63, 3.8) is 0 Å². The van der Waals surface area contributed by atoms with E-state index in [4.69, 9.17) is 10.7 Å². The van der Waals surface area contributed by atoms with Crippen LogP contribution in [0.25, 0.3) is 10.6 Å². The Bertz CT molecular complexity index is 488. The Morgan fingerprint density at radius 3 is 2.58 bits per heavy atom. The molecule has 0 aliphatic rings. The normalized spacial score (nSPS) is 10.8. The number of rotatable bonds is 7. The minimum Gasteiger partial charge on any atom is -0.326 e. The molecule has 1 aromatic carbocycles. The second kappa shape index (κ2) is 7.41. The van der Waals surface area contributed by atoms with E-state index in [0.717, 1.165) is 11.4 Å². The highest BCUT2D eigenvalue weighted by Crippen LogP contribution is 2.24. The molecule has 1 heterocycles. The van der Waals surface area contributed by atoms with Crippen molar-refractivity contribution in [3.05, 3.63) is 40.9 Å². The zero-order valence-electron chi connectivity index (χ0n) is 11.6. The van der Waals surface area contributed by atoms with Crippen LogP contribution in [0.15, 0.2) is 29.6 Å². The largest absolute Gasteiger partial charge is 0.326 e. The van der Waals surface area contributed by atoms with Gasteiger partial charge in [-0.1, -0.05) is 50.5 Å². The van der Waals surface area contributed by atoms with Crippen molar-refractivity contribution in [2.45, 2.75) is 45.6 Å². The third kappa shape index (κ3) is 4.15. The maximum atomic E-state index is 5.61. The number of benzene rings is 1. The summed E-state index contributed by atoms with van der Waals surface area (Å²) in [5, 5.41) is 3.31. The smallest absolute Gasteiger partial charge is 0.123 e. The molecule has 0 saturated carbocycles. The van der Waals surface area contributed by atoms with Crippen molar-refractivity contribution in [1.82, 2.24) is 4.98 Å². The Morgan fingerprint density at radius 2 is 1.89 bits per heavy atom. The number of nitrogens with zero attached hydrogens (tertiary/aromatic N) is 1. The van der Waals surface area contributed by atoms with E-state index in [-0.39, 0.29) is 0 Å². The van der Waals surface area contributed by atoms with Gasteiger partial charge in [0.1, 0.15) is 5.01 Å². The van der Waals surface area contributed by atoms with Crippen LogP contribution in [-0.4, -0.2) is 4.98 Å². The fourth-order valence-corrected chi connectivity index (χ4v) is 2.93. The average molecular weight is 274 g/mol. The molecule has 0 aliphatic carbocycles. The lowest BCUT2D eigenvalue weighted by atomic mass is 10.1. The first-order valence-corrected chi connectivity index (χ1v) is 7.95. The lowest BCUT2D eigenvalue weighted by Crippen LogP contribution is -1.95. The summed E-state index contributed by atoms with van der Waals surface area (Å²) in [6.45, 7) is 2.84. The summed E-state index contributed by atoms with van der Waals surface area (Å²) in [5.74, 6) is 0. The minimum atomic E-state index is 0.598. The van der Waals surface area contributed by atoms with Gasteiger partial charge in [-0.2, -0.15) is 0 Å². The van der Waals surface area contributed by atoms with Gasteiger partial charge in [0.25, 0.3) is 0 Å². The van der Waals surface area contributed by atoms with E-state index in [0.29, 0.717) is 6.54 Å². The van der Waals surface area contributed by atoms with Crippen molar-refractivity contribution in [2.24, 2.45) is 5.73 Å². The monoisotopic (exact) mass is 274 g/mol. The first kappa shape index (κ1) is 14.2. The number of thiazole rings is 1. The van der Waals surface area contributed by atoms with Crippen molar-refractivity contribution in [3.8, 4) is 10.6 Å². The molecule has 0 unspecified atom stereocenters. The lowest BCUT2D eigenvalue weighted by molar-refractivity contribution is 0.662. The number of hydrogen-bond donors (Lipinski definition) is 1. The number of aromatic nitrogens is 1. The van der Waals surface area contributed by atoms with E-state index in [1.807, 2.05) is 0 Å². The molecule has 0 radical (unpaired) electrons. The molecule has 2 nitrogen and oxygen atoms in total. The molecule has 0 saturated heterocycles. The predicted molar refractivity (Wildman–Crippen MR) is 83.3 cm³/mol. The van der Waals surface area contributed by atoms with E-state index in [9.17, 15) is 0 Å². The van der Waals surface area contributed by atoms with Gasteiger partial charge in [0.2, 0.25) is 0 Å². The second-order valence-corrected chi connectivity index (χ2v) is 5.71. The van der Waals surface area contributed by atoms with Gasteiger partial charge in [-0.3, -0.25) is 0 Å². The van der Waals surface area contributed by atoms with E-state index in [1.165, 1.54) is 42.5 Å². The minimum absolute atomic E-state index is 0.598. The van der Waals surface area contributed by atoms with Gasteiger partial charge in [-0.05, 0) is 18.4 Å². The molecule has 19 heavy (non-hydrogen) atoms. The number of aryl methyl sites for hydroxylation is 1. The molecule has 2 aromatic rings. The predicted octanol–water partition coefficient (Wildman–Crippen LogP) is 4.39. The SMILES string of the molecule is CCCCCCc1csc(-c2ccc(CN)cc2)n1. The van der Waals surface area contributed by atoms with Crippen LogP contribution in [0.4, 0.5) is 0 Å². The molecule has 0 spiro atoms. The Kier molecular flexibility index (Phi) is 5.55. The molecular weight excluding hydrogens is 252 g/mol. The van der Waals surface area contributed by atoms with E-state index >= 15 is 0 Å². The highest BCUT2D eigenvalue weighted by molar-refractivity contribution is 7.13. The van der Waals surface area contributed by atoms with E-state index in [2.05, 4.69) is 36.6 Å². The van der Waals surface area contributed by atoms with Gasteiger partial charge in [0.15, 0.2) is 0 Å². The van der Waals surface area contributed by atoms with Gasteiger partial charge in [0.05, 0.1) is 5.69 Å². The van der Waals surface area contributed by atoms with Gasteiger partial charge < -0.3 is 5.73 Å². The topological polar surface area (TPSA) is 38.9 Å². The Labute approximate surface area is 119 Å². The maximum Gasteiger partial charge on any atom is 0.123 e. The van der Waals surface area contributed by atoms with Gasteiger partial charge in [-0.15, -0.1) is 11.3 Å². The molecule has 3 heteroatoms. The summed E-state index contributed by atoms with van der Waals surface area (Å²) in [7, 11) is 0. The number of hydrogen-bond acceptors (Lipinski definition) is 3. The molecule has 102 valence electrons. The summed E-state index contributed by atoms with van der Waals surface area (Å²) in [6.07, 6.45) is 6.29. The van der Waals surface area contributed by atoms with Crippen LogP contribution < -0.4 is 5.73 Å². The fraction of sp³-hybridized carbons (Fsp3) is 0.438. The zero-order chi connectivity index (χ0) is 13.5. The lowest BCUT2D eigenvalue weighted by Gasteiger charge is -1.99. The second-order valence-electron chi connectivity index (χ2n) is 4.86. The molecule has 2 rings (SSSR count). The Hall–Kier alpha value is -1.19. The standard InChI is InChI=1S/C16H22N2S/c1-2-3-4-5-6-15-12-19-16(18-15)14-9-7-13(11-17)8-10-14/h7-10,12H,2-6,11,17H2,1H3. The zero-order valence-corrected chi connectivity index (χ0v) is 12.4. The summed E-state index contributed by atoms with van der Waals surface area (Å²) >= 11 is 1.74. The first-order valence-electron chi connectivity index (χ1n) is 7.07. The van der Waals surface area contributed by atoms with E-state index in [1.54, 1.807) is 11.3 Å². The Morgan fingerprint density at radius 1 is 1.11 bits per heavy atom. The van der Waals surface area contributed by atoms with Crippen LogP contribution in [0.1, 0.15) is 43.9 Å². The molecule has 0 bridgehead atoms. The van der Waals surface area contributed by atoms with E-state index < -0.39 is 0 Å². The number of nitrogens with two attached hydrogens (primary N) is 1. The van der Waals surface area contributed by atoms with Gasteiger partial charge in [0, 0.05) is 17.5 Å². The summed E-state index contributed by atoms with van der Waals surface area (Å²) < 4.78 is 0. The van der Waals surface area contributed by atoms with Crippen LogP contribution in [0.2, 0.25) is 0 Å². The third-order valence-electron chi connectivity index (χ3n) is 3.27. The number of unbranched alkanes of at least 4 members (excludes halogenated alkanes) is 3. The van der Waals surface area contributed by atoms with Crippen LogP contribution >= 0.6 is 11.3 Å². The molecule has 0 atom stereocenters. The van der Waals surface area contributed by atoms with Crippen molar-refractivity contribution in [2.75, 3.05) is 0 Å². The highest BCUT2D eigenvalue weighted by Gasteiger charge is 2.04. The molecule has 0 aliphatic heterocycles. The van der Waals surface area contributed by atoms with Crippen LogP contribution in [0, 0.1) is 0 Å². The third-order valence-corrected chi connectivity index (χ3v) is 4.21. The fourth-order valence-electron chi connectivity index (χ4n) is 2.07. The van der Waals surface area contributed by atoms with Crippen LogP contribution in [-0.2, 0) is 13.0 Å². The van der Waals surface area contributed by atoms with Crippen molar-refractivity contribution >= 4 is 11.3 Å². The average Bonchev–Trinajstić information content (AvgIpc) is 2.92. The van der Waals surface area contributed by atoms with Crippen molar-refractivity contribution in [1.29, 1.82) is 0 Å². The first-order chi connectivity index (χ1) is 9.33. The molecular formula is C16H22N2S. The van der Waals surface area contributed by atoms with Crippen molar-refractivity contribution < 1.29 is 0 Å². The summed E-state index contributed by atoms with van der Waals surface area (Å²) in [5.41, 5.74) is 9.21. The molecule has 0 amide bonds. The van der Waals surface area contributed by atoms with Gasteiger partial charge >= 0.3 is 0 Å². The summed E-state index contributed by atoms with van der Waals surface area (Å²) in [4.78, 5) is 4.72. The van der Waals surface area contributed by atoms with Crippen LogP contribution in [0.5, 0.6) is 0 Å². The Balaban J connectivity index is 1.95. The van der Waals surface area contributed by atoms with Crippen LogP contribution in [0.3, 0.4) is 0 Å². The quantitative estimate of drug-likeness (QED) is 0.760. The molecule has 2 N–H and O–H groups in total.